The Balaban J connectivity index is 1.42. The second-order valence-electron chi connectivity index (χ2n) is 8.18. The van der Waals surface area contributed by atoms with Crippen molar-refractivity contribution in [3.63, 3.8) is 0 Å². The molecular formula is C22H34FN3O3. The van der Waals surface area contributed by atoms with Crippen molar-refractivity contribution in [2.75, 3.05) is 59.6 Å². The molecule has 1 aromatic carbocycles. The van der Waals surface area contributed by atoms with E-state index in [1.54, 1.807) is 18.2 Å². The van der Waals surface area contributed by atoms with Gasteiger partial charge in [-0.1, -0.05) is 31.4 Å². The highest BCUT2D eigenvalue weighted by atomic mass is 19.1. The van der Waals surface area contributed by atoms with Gasteiger partial charge in [-0.05, 0) is 32.0 Å². The maximum atomic E-state index is 13.6. The summed E-state index contributed by atoms with van der Waals surface area (Å²) in [7, 11) is 1.88. The van der Waals surface area contributed by atoms with Gasteiger partial charge in [-0.25, -0.2) is 4.39 Å². The van der Waals surface area contributed by atoms with Crippen molar-refractivity contribution in [3.05, 3.63) is 30.1 Å². The number of ether oxygens (including phenoxy) is 2. The van der Waals surface area contributed by atoms with Crippen molar-refractivity contribution in [2.45, 2.75) is 37.6 Å². The number of benzene rings is 1. The maximum Gasteiger partial charge on any atom is 0.234 e. The second kappa shape index (κ2) is 10.9. The van der Waals surface area contributed by atoms with Crippen LogP contribution in [0.1, 0.15) is 32.1 Å². The van der Waals surface area contributed by atoms with E-state index in [1.807, 2.05) is 11.9 Å². The fraction of sp³-hybridized carbons (Fsp3) is 0.682. The topological polar surface area (TPSA) is 54.0 Å². The Morgan fingerprint density at radius 1 is 1.24 bits per heavy atom. The van der Waals surface area contributed by atoms with E-state index in [1.165, 1.54) is 25.3 Å². The fourth-order valence-corrected chi connectivity index (χ4v) is 4.37. The molecule has 0 unspecified atom stereocenters. The van der Waals surface area contributed by atoms with E-state index >= 15 is 0 Å². The molecule has 0 radical (unpaired) electrons. The van der Waals surface area contributed by atoms with Crippen molar-refractivity contribution in [1.29, 1.82) is 0 Å². The zero-order valence-corrected chi connectivity index (χ0v) is 17.5. The van der Waals surface area contributed by atoms with Crippen LogP contribution in [-0.4, -0.2) is 80.8 Å². The normalized spacial score (nSPS) is 19.8. The van der Waals surface area contributed by atoms with Crippen molar-refractivity contribution in [1.82, 2.24) is 15.1 Å². The van der Waals surface area contributed by atoms with Crippen molar-refractivity contribution in [3.8, 4) is 5.75 Å². The molecule has 1 saturated heterocycles. The molecule has 0 bridgehead atoms. The Bertz CT molecular complexity index is 646. The number of rotatable bonds is 9. The quantitative estimate of drug-likeness (QED) is 0.681. The fourth-order valence-electron chi connectivity index (χ4n) is 4.37. The van der Waals surface area contributed by atoms with E-state index in [0.29, 0.717) is 26.2 Å². The summed E-state index contributed by atoms with van der Waals surface area (Å²) in [6.07, 6.45) is 6.00. The van der Waals surface area contributed by atoms with E-state index in [4.69, 9.17) is 9.47 Å². The maximum absolute atomic E-state index is 13.6. The number of para-hydroxylation sites is 1. The van der Waals surface area contributed by atoms with Gasteiger partial charge >= 0.3 is 0 Å². The van der Waals surface area contributed by atoms with E-state index in [0.717, 1.165) is 39.1 Å². The third-order valence-corrected chi connectivity index (χ3v) is 6.06. The molecule has 6 nitrogen and oxygen atoms in total. The van der Waals surface area contributed by atoms with Gasteiger partial charge < -0.3 is 14.8 Å². The first kappa shape index (κ1) is 22.0. The number of hydrogen-bond donors (Lipinski definition) is 1. The Kier molecular flexibility index (Phi) is 8.27. The van der Waals surface area contributed by atoms with E-state index in [9.17, 15) is 9.18 Å². The minimum Gasteiger partial charge on any atom is -0.489 e. The summed E-state index contributed by atoms with van der Waals surface area (Å²) in [5.74, 6) is -0.0968. The lowest BCUT2D eigenvalue weighted by atomic mass is 9.79. The zero-order chi connectivity index (χ0) is 20.5. The Hall–Kier alpha value is -1.70. The zero-order valence-electron chi connectivity index (χ0n) is 17.5. The molecule has 1 N–H and O–H groups in total. The number of hydrogen-bond acceptors (Lipinski definition) is 5. The molecule has 0 aromatic heterocycles. The van der Waals surface area contributed by atoms with E-state index < -0.39 is 0 Å². The number of amides is 1. The highest BCUT2D eigenvalue weighted by molar-refractivity contribution is 5.78. The van der Waals surface area contributed by atoms with Crippen LogP contribution in [0.5, 0.6) is 5.75 Å². The molecule has 1 aromatic rings. The molecule has 3 rings (SSSR count). The molecule has 0 spiro atoms. The summed E-state index contributed by atoms with van der Waals surface area (Å²) < 4.78 is 24.6. The molecular weight excluding hydrogens is 373 g/mol. The summed E-state index contributed by atoms with van der Waals surface area (Å²) in [6, 6.07) is 6.36. The van der Waals surface area contributed by atoms with Gasteiger partial charge in [0.05, 0.1) is 19.8 Å². The first-order chi connectivity index (χ1) is 14.1. The third-order valence-electron chi connectivity index (χ3n) is 6.06. The SMILES string of the molecule is CN(CCOc1ccccc1F)CC(=O)NCC1(N2CCOCC2)CCCCC1. The first-order valence-corrected chi connectivity index (χ1v) is 10.7. The van der Waals surface area contributed by atoms with Crippen LogP contribution in [0.4, 0.5) is 4.39 Å². The van der Waals surface area contributed by atoms with Crippen molar-refractivity contribution >= 4 is 5.91 Å². The van der Waals surface area contributed by atoms with Crippen LogP contribution >= 0.6 is 0 Å². The second-order valence-corrected chi connectivity index (χ2v) is 8.18. The van der Waals surface area contributed by atoms with Gasteiger partial charge in [-0.3, -0.25) is 14.6 Å². The van der Waals surface area contributed by atoms with Crippen LogP contribution in [0.15, 0.2) is 24.3 Å². The number of morpholine rings is 1. The van der Waals surface area contributed by atoms with Crippen LogP contribution in [0.2, 0.25) is 0 Å². The average molecular weight is 408 g/mol. The Labute approximate surface area is 173 Å². The molecule has 29 heavy (non-hydrogen) atoms. The summed E-state index contributed by atoms with van der Waals surface area (Å²) in [5, 5.41) is 3.17. The van der Waals surface area contributed by atoms with Crippen molar-refractivity contribution in [2.24, 2.45) is 0 Å². The summed E-state index contributed by atoms with van der Waals surface area (Å²) in [4.78, 5) is 16.9. The number of likely N-dealkylation sites (N-methyl/N-ethyl adjacent to an activating group) is 1. The van der Waals surface area contributed by atoms with Gasteiger partial charge in [0.2, 0.25) is 5.91 Å². The summed E-state index contributed by atoms with van der Waals surface area (Å²) in [5.41, 5.74) is 0.0736. The molecule has 162 valence electrons. The highest BCUT2D eigenvalue weighted by Crippen LogP contribution is 2.33. The van der Waals surface area contributed by atoms with Crippen LogP contribution in [0, 0.1) is 5.82 Å². The number of nitrogens with one attached hydrogen (secondary N) is 1. The molecule has 1 amide bonds. The molecule has 1 aliphatic heterocycles. The molecule has 0 atom stereocenters. The first-order valence-electron chi connectivity index (χ1n) is 10.7. The van der Waals surface area contributed by atoms with E-state index in [2.05, 4.69) is 10.2 Å². The minimum atomic E-state index is -0.367. The van der Waals surface area contributed by atoms with Gasteiger partial charge in [-0.2, -0.15) is 0 Å². The number of carbonyl (C=O) groups excluding carboxylic acids is 1. The smallest absolute Gasteiger partial charge is 0.234 e. The number of nitrogens with zero attached hydrogens (tertiary/aromatic N) is 2. The lowest BCUT2D eigenvalue weighted by molar-refractivity contribution is -0.123. The van der Waals surface area contributed by atoms with Crippen LogP contribution in [0.25, 0.3) is 0 Å². The van der Waals surface area contributed by atoms with Gasteiger partial charge in [0.1, 0.15) is 6.61 Å². The van der Waals surface area contributed by atoms with Crippen LogP contribution < -0.4 is 10.1 Å². The average Bonchev–Trinajstić information content (AvgIpc) is 2.75. The molecule has 1 heterocycles. The molecule has 2 aliphatic rings. The van der Waals surface area contributed by atoms with Crippen molar-refractivity contribution < 1.29 is 18.7 Å². The van der Waals surface area contributed by atoms with Crippen LogP contribution in [-0.2, 0) is 9.53 Å². The summed E-state index contributed by atoms with van der Waals surface area (Å²) >= 11 is 0. The molecule has 1 aliphatic carbocycles. The van der Waals surface area contributed by atoms with E-state index in [-0.39, 0.29) is 23.0 Å². The predicted molar refractivity (Wildman–Crippen MR) is 111 cm³/mol. The third kappa shape index (κ3) is 6.39. The predicted octanol–water partition coefficient (Wildman–Crippen LogP) is 2.29. The van der Waals surface area contributed by atoms with Gasteiger partial charge in [0.15, 0.2) is 11.6 Å². The molecule has 2 fully saturated rings. The standard InChI is InChI=1S/C22H34FN3O3/c1-25(11-16-29-20-8-4-3-7-19(20)23)17-21(27)24-18-22(9-5-2-6-10-22)26-12-14-28-15-13-26/h3-4,7-8H,2,5-6,9-18H2,1H3,(H,24,27). The Morgan fingerprint density at radius 3 is 2.69 bits per heavy atom. The van der Waals surface area contributed by atoms with Gasteiger partial charge in [-0.15, -0.1) is 0 Å². The minimum absolute atomic E-state index is 0.0246. The lowest BCUT2D eigenvalue weighted by Gasteiger charge is -2.48. The lowest BCUT2D eigenvalue weighted by Crippen LogP contribution is -2.60. The largest absolute Gasteiger partial charge is 0.489 e. The summed E-state index contributed by atoms with van der Waals surface area (Å²) in [6.45, 7) is 5.34. The number of halogens is 1. The van der Waals surface area contributed by atoms with Gasteiger partial charge in [0, 0.05) is 31.7 Å². The monoisotopic (exact) mass is 407 g/mol. The molecule has 7 heteroatoms. The number of carbonyl (C=O) groups is 1. The Morgan fingerprint density at radius 2 is 1.97 bits per heavy atom. The van der Waals surface area contributed by atoms with Gasteiger partial charge in [0.25, 0.3) is 0 Å². The van der Waals surface area contributed by atoms with Crippen LogP contribution in [0.3, 0.4) is 0 Å². The highest BCUT2D eigenvalue weighted by Gasteiger charge is 2.38. The molecule has 1 saturated carbocycles.